The molecule has 2 heterocycles. The van der Waals surface area contributed by atoms with Crippen LogP contribution in [0.25, 0.3) is 11.2 Å². The Hall–Kier alpha value is -2.08. The summed E-state index contributed by atoms with van der Waals surface area (Å²) < 4.78 is 7.99. The quantitative estimate of drug-likeness (QED) is 0.788. The Morgan fingerprint density at radius 1 is 1.29 bits per heavy atom. The second kappa shape index (κ2) is 5.73. The Bertz CT molecular complexity index is 767. The van der Waals surface area contributed by atoms with Crippen LogP contribution >= 0.6 is 15.9 Å². The molecule has 2 aromatic heterocycles. The predicted octanol–water partition coefficient (Wildman–Crippen LogP) is 3.03. The topological polar surface area (TPSA) is 66.0 Å². The minimum atomic E-state index is 0.490. The number of hydrogen-bond acceptors (Lipinski definition) is 4. The van der Waals surface area contributed by atoms with Gasteiger partial charge in [-0.25, -0.2) is 9.97 Å². The fraction of sp³-hybridized carbons (Fsp3) is 0.200. The first kappa shape index (κ1) is 13.9. The summed E-state index contributed by atoms with van der Waals surface area (Å²) in [4.78, 5) is 8.74. The first-order valence-corrected chi connectivity index (χ1v) is 7.37. The van der Waals surface area contributed by atoms with Crippen molar-refractivity contribution in [3.63, 3.8) is 0 Å². The zero-order valence-electron chi connectivity index (χ0n) is 11.6. The lowest BCUT2D eigenvalue weighted by Crippen LogP contribution is -2.06. The molecule has 0 fully saturated rings. The van der Waals surface area contributed by atoms with Gasteiger partial charge in [-0.1, -0.05) is 12.1 Å². The van der Waals surface area contributed by atoms with Gasteiger partial charge in [-0.2, -0.15) is 0 Å². The predicted molar refractivity (Wildman–Crippen MR) is 86.3 cm³/mol. The minimum Gasteiger partial charge on any atom is -0.497 e. The summed E-state index contributed by atoms with van der Waals surface area (Å²) in [6.45, 7) is 0.739. The van der Waals surface area contributed by atoms with Crippen molar-refractivity contribution in [1.82, 2.24) is 14.5 Å². The Morgan fingerprint density at radius 2 is 2.05 bits per heavy atom. The van der Waals surface area contributed by atoms with Crippen LogP contribution in [0.15, 0.2) is 41.0 Å². The number of benzene rings is 1. The molecule has 0 spiro atoms. The van der Waals surface area contributed by atoms with E-state index >= 15 is 0 Å². The molecule has 0 aliphatic rings. The van der Waals surface area contributed by atoms with Crippen LogP contribution in [-0.4, -0.2) is 21.6 Å². The number of pyridine rings is 1. The van der Waals surface area contributed by atoms with E-state index in [-0.39, 0.29) is 0 Å². The van der Waals surface area contributed by atoms with Gasteiger partial charge in [0.25, 0.3) is 0 Å². The standard InChI is InChI=1S/C15H15BrN4O/c1-21-12-4-2-10(3-5-12)6-7-20-14-13(19-15(20)17)8-11(16)9-18-14/h2-5,8-9H,6-7H2,1H3,(H2,17,19). The molecule has 0 saturated heterocycles. The Labute approximate surface area is 130 Å². The first-order chi connectivity index (χ1) is 10.2. The minimum absolute atomic E-state index is 0.490. The van der Waals surface area contributed by atoms with E-state index in [1.807, 2.05) is 22.8 Å². The largest absolute Gasteiger partial charge is 0.497 e. The van der Waals surface area contributed by atoms with Crippen molar-refractivity contribution in [3.05, 3.63) is 46.6 Å². The lowest BCUT2D eigenvalue weighted by Gasteiger charge is -2.07. The number of nitrogens with two attached hydrogens (primary N) is 1. The van der Waals surface area contributed by atoms with Gasteiger partial charge in [0.1, 0.15) is 11.3 Å². The molecule has 6 heteroatoms. The smallest absolute Gasteiger partial charge is 0.202 e. The SMILES string of the molecule is COc1ccc(CCn2c(N)nc3cc(Br)cnc32)cc1. The number of nitrogen functional groups attached to an aromatic ring is 1. The molecule has 0 amide bonds. The monoisotopic (exact) mass is 346 g/mol. The molecule has 0 radical (unpaired) electrons. The third-order valence-electron chi connectivity index (χ3n) is 3.36. The van der Waals surface area contributed by atoms with E-state index in [1.54, 1.807) is 13.3 Å². The maximum Gasteiger partial charge on any atom is 0.202 e. The molecule has 5 nitrogen and oxygen atoms in total. The Morgan fingerprint density at radius 3 is 2.76 bits per heavy atom. The molecule has 0 aliphatic carbocycles. The molecular weight excluding hydrogens is 332 g/mol. The lowest BCUT2D eigenvalue weighted by atomic mass is 10.1. The van der Waals surface area contributed by atoms with Crippen LogP contribution in [-0.2, 0) is 13.0 Å². The maximum absolute atomic E-state index is 5.99. The van der Waals surface area contributed by atoms with Crippen molar-refractivity contribution in [2.24, 2.45) is 0 Å². The van der Waals surface area contributed by atoms with E-state index in [9.17, 15) is 0 Å². The highest BCUT2D eigenvalue weighted by Gasteiger charge is 2.09. The van der Waals surface area contributed by atoms with E-state index in [0.717, 1.165) is 34.4 Å². The summed E-state index contributed by atoms with van der Waals surface area (Å²) in [5.41, 5.74) is 8.82. The summed E-state index contributed by atoms with van der Waals surface area (Å²) in [6.07, 6.45) is 2.62. The number of imidazole rings is 1. The van der Waals surface area contributed by atoms with E-state index in [0.29, 0.717) is 5.95 Å². The van der Waals surface area contributed by atoms with E-state index in [1.165, 1.54) is 5.56 Å². The fourth-order valence-electron chi connectivity index (χ4n) is 2.26. The molecule has 0 unspecified atom stereocenters. The summed E-state index contributed by atoms with van der Waals surface area (Å²) in [6, 6.07) is 9.94. The molecular formula is C15H15BrN4O. The second-order valence-electron chi connectivity index (χ2n) is 4.72. The lowest BCUT2D eigenvalue weighted by molar-refractivity contribution is 0.414. The first-order valence-electron chi connectivity index (χ1n) is 6.57. The molecule has 0 atom stereocenters. The summed E-state index contributed by atoms with van der Waals surface area (Å²) in [5, 5.41) is 0. The van der Waals surface area contributed by atoms with Gasteiger partial charge in [0.15, 0.2) is 5.65 Å². The van der Waals surface area contributed by atoms with Crippen molar-refractivity contribution in [1.29, 1.82) is 0 Å². The molecule has 0 aliphatic heterocycles. The summed E-state index contributed by atoms with van der Waals surface area (Å²) in [5.74, 6) is 1.35. The van der Waals surface area contributed by atoms with E-state index in [2.05, 4.69) is 38.0 Å². The third kappa shape index (κ3) is 2.85. The number of rotatable bonds is 4. The third-order valence-corrected chi connectivity index (χ3v) is 3.80. The number of aromatic nitrogens is 3. The second-order valence-corrected chi connectivity index (χ2v) is 5.63. The van der Waals surface area contributed by atoms with Crippen molar-refractivity contribution >= 4 is 33.0 Å². The van der Waals surface area contributed by atoms with Gasteiger partial charge >= 0.3 is 0 Å². The van der Waals surface area contributed by atoms with Gasteiger partial charge in [0.2, 0.25) is 5.95 Å². The van der Waals surface area contributed by atoms with E-state index < -0.39 is 0 Å². The summed E-state index contributed by atoms with van der Waals surface area (Å²) in [7, 11) is 1.66. The highest BCUT2D eigenvalue weighted by atomic mass is 79.9. The number of ether oxygens (including phenoxy) is 1. The number of aryl methyl sites for hydroxylation is 2. The summed E-state index contributed by atoms with van der Waals surface area (Å²) >= 11 is 3.39. The van der Waals surface area contributed by atoms with Crippen molar-refractivity contribution in [3.8, 4) is 5.75 Å². The molecule has 0 saturated carbocycles. The van der Waals surface area contributed by atoms with Gasteiger partial charge < -0.3 is 10.5 Å². The average molecular weight is 347 g/mol. The average Bonchev–Trinajstić information content (AvgIpc) is 2.80. The van der Waals surface area contributed by atoms with Crippen LogP contribution < -0.4 is 10.5 Å². The molecule has 3 rings (SSSR count). The highest BCUT2D eigenvalue weighted by Crippen LogP contribution is 2.20. The highest BCUT2D eigenvalue weighted by molar-refractivity contribution is 9.10. The van der Waals surface area contributed by atoms with E-state index in [4.69, 9.17) is 10.5 Å². The van der Waals surface area contributed by atoms with Crippen LogP contribution in [0.2, 0.25) is 0 Å². The Kier molecular flexibility index (Phi) is 3.79. The van der Waals surface area contributed by atoms with Gasteiger partial charge in [-0.15, -0.1) is 0 Å². The molecule has 21 heavy (non-hydrogen) atoms. The van der Waals surface area contributed by atoms with Gasteiger partial charge in [0, 0.05) is 17.2 Å². The molecule has 2 N–H and O–H groups in total. The fourth-order valence-corrected chi connectivity index (χ4v) is 2.58. The van der Waals surface area contributed by atoms with Gasteiger partial charge in [-0.05, 0) is 46.1 Å². The van der Waals surface area contributed by atoms with Crippen molar-refractivity contribution in [2.45, 2.75) is 13.0 Å². The normalized spacial score (nSPS) is 11.0. The molecule has 0 bridgehead atoms. The van der Waals surface area contributed by atoms with Gasteiger partial charge in [-0.3, -0.25) is 4.57 Å². The number of halogens is 1. The van der Waals surface area contributed by atoms with Crippen LogP contribution in [0.4, 0.5) is 5.95 Å². The van der Waals surface area contributed by atoms with Crippen LogP contribution in [0.3, 0.4) is 0 Å². The molecule has 108 valence electrons. The zero-order valence-corrected chi connectivity index (χ0v) is 13.2. The number of hydrogen-bond donors (Lipinski definition) is 1. The number of nitrogens with zero attached hydrogens (tertiary/aromatic N) is 3. The zero-order chi connectivity index (χ0) is 14.8. The maximum atomic E-state index is 5.99. The van der Waals surface area contributed by atoms with Crippen molar-refractivity contribution in [2.75, 3.05) is 12.8 Å². The van der Waals surface area contributed by atoms with Crippen LogP contribution in [0.5, 0.6) is 5.75 Å². The van der Waals surface area contributed by atoms with Gasteiger partial charge in [0.05, 0.1) is 7.11 Å². The van der Waals surface area contributed by atoms with Crippen molar-refractivity contribution < 1.29 is 4.74 Å². The Balaban J connectivity index is 1.82. The number of anilines is 1. The molecule has 1 aromatic carbocycles. The number of methoxy groups -OCH3 is 1. The number of fused-ring (bicyclic) bond motifs is 1. The van der Waals surface area contributed by atoms with Crippen LogP contribution in [0.1, 0.15) is 5.56 Å². The van der Waals surface area contributed by atoms with Crippen LogP contribution in [0, 0.1) is 0 Å². The molecule has 3 aromatic rings.